The van der Waals surface area contributed by atoms with Crippen LogP contribution < -0.4 is 0 Å². The van der Waals surface area contributed by atoms with Crippen molar-refractivity contribution in [1.82, 2.24) is 0 Å². The van der Waals surface area contributed by atoms with E-state index in [9.17, 15) is 25.2 Å². The van der Waals surface area contributed by atoms with E-state index in [0.29, 0.717) is 42.6 Å². The molecule has 4 aliphatic carbocycles. The molecular weight excluding hydrogens is 428 g/mol. The lowest BCUT2D eigenvalue weighted by atomic mass is 9.44. The van der Waals surface area contributed by atoms with Crippen molar-refractivity contribution in [3.8, 4) is 0 Å². The minimum absolute atomic E-state index is 0.0284. The Labute approximate surface area is 206 Å². The molecule has 4 rings (SSSR count). The van der Waals surface area contributed by atoms with E-state index in [4.69, 9.17) is 0 Å². The van der Waals surface area contributed by atoms with E-state index in [1.807, 2.05) is 20.8 Å². The van der Waals surface area contributed by atoms with E-state index in [0.717, 1.165) is 25.7 Å². The predicted molar refractivity (Wildman–Crippen MR) is 133 cm³/mol. The zero-order valence-electron chi connectivity index (χ0n) is 22.1. The fourth-order valence-electron chi connectivity index (χ4n) is 9.15. The number of carbonyl (C=O) groups excluding carboxylic acids is 1. The van der Waals surface area contributed by atoms with Gasteiger partial charge in [-0.3, -0.25) is 4.79 Å². The third kappa shape index (κ3) is 3.93. The van der Waals surface area contributed by atoms with Gasteiger partial charge in [0.05, 0.1) is 18.3 Å². The highest BCUT2D eigenvalue weighted by atomic mass is 16.3. The van der Waals surface area contributed by atoms with E-state index in [1.54, 1.807) is 0 Å². The summed E-state index contributed by atoms with van der Waals surface area (Å²) in [5.74, 6) is 1.46. The van der Waals surface area contributed by atoms with Crippen LogP contribution >= 0.6 is 0 Å². The van der Waals surface area contributed by atoms with Crippen LogP contribution in [0, 0.1) is 51.8 Å². The number of ketones is 1. The van der Waals surface area contributed by atoms with E-state index >= 15 is 0 Å². The number of fused-ring (bicyclic) bond motifs is 5. The van der Waals surface area contributed by atoms with Crippen LogP contribution in [0.5, 0.6) is 0 Å². The molecule has 0 bridgehead atoms. The summed E-state index contributed by atoms with van der Waals surface area (Å²) in [5.41, 5.74) is 0.183. The predicted octanol–water partition coefficient (Wildman–Crippen LogP) is 4.12. The number of carbonyl (C=O) groups is 1. The zero-order valence-corrected chi connectivity index (χ0v) is 22.1. The minimum atomic E-state index is -0.944. The summed E-state index contributed by atoms with van der Waals surface area (Å²) >= 11 is 0. The molecule has 4 aliphatic rings. The van der Waals surface area contributed by atoms with Gasteiger partial charge in [0.15, 0.2) is 0 Å². The first-order valence-corrected chi connectivity index (χ1v) is 13.6. The first-order valence-electron chi connectivity index (χ1n) is 13.6. The van der Waals surface area contributed by atoms with Crippen LogP contribution in [0.2, 0.25) is 0 Å². The van der Waals surface area contributed by atoms with Gasteiger partial charge in [0.25, 0.3) is 0 Å². The molecule has 0 heterocycles. The smallest absolute Gasteiger partial charge is 0.136 e. The summed E-state index contributed by atoms with van der Waals surface area (Å²) in [4.78, 5) is 13.3. The van der Waals surface area contributed by atoms with Crippen molar-refractivity contribution >= 4 is 5.78 Å². The maximum atomic E-state index is 13.3. The van der Waals surface area contributed by atoms with Crippen molar-refractivity contribution in [2.45, 2.75) is 111 Å². The van der Waals surface area contributed by atoms with Crippen LogP contribution in [0.1, 0.15) is 86.5 Å². The number of aliphatic hydroxyl groups excluding tert-OH is 4. The molecule has 4 fully saturated rings. The largest absolute Gasteiger partial charge is 0.390 e. The summed E-state index contributed by atoms with van der Waals surface area (Å²) in [7, 11) is 0. The van der Waals surface area contributed by atoms with Crippen LogP contribution in [0.25, 0.3) is 0 Å². The fraction of sp³-hybridized carbons (Fsp3) is 0.897. The summed E-state index contributed by atoms with van der Waals surface area (Å²) in [6.07, 6.45) is 2.28. The van der Waals surface area contributed by atoms with Gasteiger partial charge in [0, 0.05) is 12.3 Å². The molecule has 12 unspecified atom stereocenters. The average molecular weight is 477 g/mol. The molecule has 0 aromatic rings. The molecule has 4 N–H and O–H groups in total. The van der Waals surface area contributed by atoms with Gasteiger partial charge in [0.2, 0.25) is 0 Å². The van der Waals surface area contributed by atoms with Gasteiger partial charge >= 0.3 is 0 Å². The van der Waals surface area contributed by atoms with E-state index in [-0.39, 0.29) is 39.8 Å². The molecule has 5 heteroatoms. The summed E-state index contributed by atoms with van der Waals surface area (Å²) in [6.45, 7) is 16.8. The Kier molecular flexibility index (Phi) is 6.72. The van der Waals surface area contributed by atoms with E-state index < -0.39 is 24.4 Å². The number of rotatable bonds is 4. The maximum Gasteiger partial charge on any atom is 0.136 e. The summed E-state index contributed by atoms with van der Waals surface area (Å²) < 4.78 is 0. The molecule has 0 aromatic carbocycles. The topological polar surface area (TPSA) is 98.0 Å². The van der Waals surface area contributed by atoms with Crippen molar-refractivity contribution in [2.24, 2.45) is 51.8 Å². The molecule has 0 aromatic heterocycles. The van der Waals surface area contributed by atoms with Crippen LogP contribution in [0.15, 0.2) is 12.2 Å². The Morgan fingerprint density at radius 3 is 2.26 bits per heavy atom. The van der Waals surface area contributed by atoms with Crippen LogP contribution in [-0.4, -0.2) is 50.6 Å². The highest BCUT2D eigenvalue weighted by molar-refractivity contribution is 5.83. The molecule has 0 radical (unpaired) electrons. The molecule has 0 spiro atoms. The second kappa shape index (κ2) is 8.68. The van der Waals surface area contributed by atoms with Crippen LogP contribution in [0.3, 0.4) is 0 Å². The standard InChI is InChI=1S/C29H48O5/c1-15(25(33)26(34)16(2)27(3,4)5)18-8-9-19-17-12-22(30)21-13-23(31)24(32)14-29(21,7)20(17)10-11-28(18,19)6/h15,17-21,23-26,31-34H,2,8-14H2,1,3-7H3. The van der Waals surface area contributed by atoms with E-state index in [2.05, 4.69) is 27.4 Å². The summed E-state index contributed by atoms with van der Waals surface area (Å²) in [6, 6.07) is 0. The lowest BCUT2D eigenvalue weighted by Crippen LogP contribution is -2.59. The van der Waals surface area contributed by atoms with Gasteiger partial charge in [-0.1, -0.05) is 48.1 Å². The first kappa shape index (κ1) is 26.3. The second-order valence-electron chi connectivity index (χ2n) is 14.0. The number of aliphatic hydroxyl groups is 4. The van der Waals surface area contributed by atoms with Crippen molar-refractivity contribution in [2.75, 3.05) is 0 Å². The highest BCUT2D eigenvalue weighted by Crippen LogP contribution is 2.67. The van der Waals surface area contributed by atoms with Gasteiger partial charge in [-0.15, -0.1) is 0 Å². The van der Waals surface area contributed by atoms with Gasteiger partial charge in [-0.05, 0) is 89.9 Å². The van der Waals surface area contributed by atoms with Gasteiger partial charge in [0.1, 0.15) is 11.9 Å². The molecule has 34 heavy (non-hydrogen) atoms. The monoisotopic (exact) mass is 476 g/mol. The lowest BCUT2D eigenvalue weighted by Gasteiger charge is -2.61. The van der Waals surface area contributed by atoms with Gasteiger partial charge < -0.3 is 20.4 Å². The third-order valence-electron chi connectivity index (χ3n) is 11.4. The first-order chi connectivity index (χ1) is 15.6. The Bertz CT molecular complexity index is 816. The third-order valence-corrected chi connectivity index (χ3v) is 11.4. The Balaban J connectivity index is 1.56. The maximum absolute atomic E-state index is 13.3. The normalized spacial score (nSPS) is 47.2. The quantitative estimate of drug-likeness (QED) is 0.458. The van der Waals surface area contributed by atoms with Gasteiger partial charge in [-0.2, -0.15) is 0 Å². The van der Waals surface area contributed by atoms with Crippen molar-refractivity contribution < 1.29 is 25.2 Å². The molecule has 5 nitrogen and oxygen atoms in total. The molecule has 0 amide bonds. The van der Waals surface area contributed by atoms with Crippen LogP contribution in [0.4, 0.5) is 0 Å². The SMILES string of the molecule is C=C(C(O)C(O)C(C)C1CCC2C3CC(=O)C4CC(O)C(O)CC4(C)C3CCC12C)C(C)(C)C. The molecule has 4 saturated carbocycles. The highest BCUT2D eigenvalue weighted by Gasteiger charge is 2.63. The van der Waals surface area contributed by atoms with Gasteiger partial charge in [-0.25, -0.2) is 0 Å². The molecular formula is C29H48O5. The fourth-order valence-corrected chi connectivity index (χ4v) is 9.15. The average Bonchev–Trinajstić information content (AvgIpc) is 3.10. The molecule has 194 valence electrons. The second-order valence-corrected chi connectivity index (χ2v) is 14.0. The number of hydrogen-bond acceptors (Lipinski definition) is 5. The molecule has 0 saturated heterocycles. The Morgan fingerprint density at radius 1 is 1.03 bits per heavy atom. The Hall–Kier alpha value is -0.750. The van der Waals surface area contributed by atoms with Crippen molar-refractivity contribution in [3.63, 3.8) is 0 Å². The Morgan fingerprint density at radius 2 is 1.65 bits per heavy atom. The molecule has 12 atom stereocenters. The number of hydrogen-bond donors (Lipinski definition) is 4. The van der Waals surface area contributed by atoms with E-state index in [1.165, 1.54) is 0 Å². The van der Waals surface area contributed by atoms with Crippen molar-refractivity contribution in [1.29, 1.82) is 0 Å². The minimum Gasteiger partial charge on any atom is -0.390 e. The zero-order chi connectivity index (χ0) is 25.4. The van der Waals surface area contributed by atoms with Crippen molar-refractivity contribution in [3.05, 3.63) is 12.2 Å². The lowest BCUT2D eigenvalue weighted by molar-refractivity contribution is -0.174. The molecule has 0 aliphatic heterocycles. The van der Waals surface area contributed by atoms with Crippen LogP contribution in [-0.2, 0) is 4.79 Å². The number of Topliss-reactive ketones (excluding diaryl/α,β-unsaturated/α-hetero) is 1. The summed E-state index contributed by atoms with van der Waals surface area (Å²) in [5, 5.41) is 42.9.